The van der Waals surface area contributed by atoms with E-state index in [1.807, 2.05) is 0 Å². The van der Waals surface area contributed by atoms with Gasteiger partial charge in [-0.3, -0.25) is 0 Å². The Kier molecular flexibility index (Phi) is 2.29. The molecule has 19 heavy (non-hydrogen) atoms. The lowest BCUT2D eigenvalue weighted by atomic mass is 10.1. The predicted octanol–water partition coefficient (Wildman–Crippen LogP) is 4.16. The fourth-order valence-electron chi connectivity index (χ4n) is 2.02. The molecular weight excluding hydrogens is 272 g/mol. The first-order valence-corrected chi connectivity index (χ1v) is 5.04. The van der Waals surface area contributed by atoms with Gasteiger partial charge in [-0.1, -0.05) is 0 Å². The molecule has 0 aliphatic carbocycles. The van der Waals surface area contributed by atoms with Gasteiger partial charge in [0.2, 0.25) is 0 Å². The van der Waals surface area contributed by atoms with Gasteiger partial charge < -0.3 is 4.98 Å². The van der Waals surface area contributed by atoms with E-state index in [1.54, 1.807) is 0 Å². The highest BCUT2D eigenvalue weighted by molar-refractivity contribution is 6.08. The Labute approximate surface area is 101 Å². The fraction of sp³-hybridized carbons (Fsp3) is 0. The van der Waals surface area contributed by atoms with Crippen molar-refractivity contribution in [2.75, 3.05) is 0 Å². The third-order valence-electron chi connectivity index (χ3n) is 2.87. The van der Waals surface area contributed by atoms with E-state index < -0.39 is 51.2 Å². The van der Waals surface area contributed by atoms with Crippen molar-refractivity contribution >= 4 is 21.8 Å². The first kappa shape index (κ1) is 11.9. The minimum Gasteiger partial charge on any atom is -0.352 e. The van der Waals surface area contributed by atoms with Crippen molar-refractivity contribution in [2.45, 2.75) is 0 Å². The Balaban J connectivity index is 2.69. The van der Waals surface area contributed by atoms with Gasteiger partial charge in [-0.25, -0.2) is 26.3 Å². The van der Waals surface area contributed by atoms with Crippen molar-refractivity contribution in [3.63, 3.8) is 0 Å². The lowest BCUT2D eigenvalue weighted by Crippen LogP contribution is -1.97. The number of benzene rings is 2. The average molecular weight is 275 g/mol. The number of aromatic amines is 1. The number of hydrogen-bond acceptors (Lipinski definition) is 0. The van der Waals surface area contributed by atoms with Gasteiger partial charge in [0.1, 0.15) is 0 Å². The summed E-state index contributed by atoms with van der Waals surface area (Å²) >= 11 is 0. The lowest BCUT2D eigenvalue weighted by Gasteiger charge is -2.00. The van der Waals surface area contributed by atoms with Gasteiger partial charge >= 0.3 is 0 Å². The Morgan fingerprint density at radius 1 is 0.632 bits per heavy atom. The van der Waals surface area contributed by atoms with E-state index in [4.69, 9.17) is 0 Å². The van der Waals surface area contributed by atoms with Crippen LogP contribution in [0.1, 0.15) is 0 Å². The molecule has 7 heteroatoms. The van der Waals surface area contributed by atoms with E-state index in [0.717, 1.165) is 12.1 Å². The molecule has 0 aliphatic heterocycles. The smallest absolute Gasteiger partial charge is 0.199 e. The van der Waals surface area contributed by atoms with Crippen LogP contribution in [-0.2, 0) is 0 Å². The number of nitrogens with one attached hydrogen (secondary N) is 1. The molecule has 0 amide bonds. The summed E-state index contributed by atoms with van der Waals surface area (Å²) in [5.41, 5.74) is -0.924. The zero-order valence-electron chi connectivity index (χ0n) is 8.92. The predicted molar refractivity (Wildman–Crippen MR) is 55.6 cm³/mol. The van der Waals surface area contributed by atoms with Crippen LogP contribution >= 0.6 is 0 Å². The maximum Gasteiger partial charge on any atom is 0.199 e. The molecule has 0 bridgehead atoms. The topological polar surface area (TPSA) is 15.8 Å². The quantitative estimate of drug-likeness (QED) is 0.360. The number of aromatic nitrogens is 1. The number of fused-ring (bicyclic) bond motifs is 3. The second-order valence-corrected chi connectivity index (χ2v) is 3.91. The normalized spacial score (nSPS) is 11.7. The van der Waals surface area contributed by atoms with Gasteiger partial charge in [0.25, 0.3) is 0 Å². The maximum absolute atomic E-state index is 13.6. The summed E-state index contributed by atoms with van der Waals surface area (Å²) in [7, 11) is 0. The van der Waals surface area contributed by atoms with Crippen LogP contribution in [-0.4, -0.2) is 4.98 Å². The molecule has 98 valence electrons. The monoisotopic (exact) mass is 275 g/mol. The van der Waals surface area contributed by atoms with Crippen LogP contribution in [0.15, 0.2) is 12.1 Å². The van der Waals surface area contributed by atoms with Crippen LogP contribution < -0.4 is 0 Å². The molecule has 1 aromatic heterocycles. The Morgan fingerprint density at radius 3 is 1.95 bits per heavy atom. The van der Waals surface area contributed by atoms with E-state index in [9.17, 15) is 26.3 Å². The van der Waals surface area contributed by atoms with Crippen LogP contribution in [0.2, 0.25) is 0 Å². The Hall–Kier alpha value is -2.18. The highest BCUT2D eigenvalue weighted by Gasteiger charge is 2.25. The van der Waals surface area contributed by atoms with Gasteiger partial charge in [0.15, 0.2) is 34.9 Å². The SMILES string of the molecule is Fc1ccc2[nH]c3c(F)c(F)c(F)c(F)c3c2c1F. The van der Waals surface area contributed by atoms with Gasteiger partial charge in [-0.15, -0.1) is 0 Å². The number of halogens is 6. The van der Waals surface area contributed by atoms with Crippen molar-refractivity contribution in [1.29, 1.82) is 0 Å². The van der Waals surface area contributed by atoms with E-state index in [-0.39, 0.29) is 5.52 Å². The van der Waals surface area contributed by atoms with Gasteiger partial charge in [0, 0.05) is 10.9 Å². The number of rotatable bonds is 0. The first-order chi connectivity index (χ1) is 8.93. The maximum atomic E-state index is 13.6. The summed E-state index contributed by atoms with van der Waals surface area (Å²) in [6, 6.07) is 1.75. The standard InChI is InChI=1S/C12H3F6N/c13-3-1-2-4-5(7(3)14)6-8(15)9(16)10(17)11(18)12(6)19-4/h1-2,19H. The lowest BCUT2D eigenvalue weighted by molar-refractivity contribution is 0.417. The minimum absolute atomic E-state index is 0.170. The molecule has 0 radical (unpaired) electrons. The summed E-state index contributed by atoms with van der Waals surface area (Å²) in [6.07, 6.45) is 0. The molecule has 0 saturated heterocycles. The van der Waals surface area contributed by atoms with Crippen molar-refractivity contribution in [1.82, 2.24) is 4.98 Å². The molecular formula is C12H3F6N. The zero-order chi connectivity index (χ0) is 13.9. The average Bonchev–Trinajstić information content (AvgIpc) is 2.78. The molecule has 0 saturated carbocycles. The van der Waals surface area contributed by atoms with Crippen molar-refractivity contribution in [2.24, 2.45) is 0 Å². The molecule has 1 nitrogen and oxygen atoms in total. The molecule has 0 fully saturated rings. The molecule has 0 unspecified atom stereocenters. The van der Waals surface area contributed by atoms with Crippen LogP contribution in [0.5, 0.6) is 0 Å². The van der Waals surface area contributed by atoms with Crippen LogP contribution in [0.4, 0.5) is 26.3 Å². The second kappa shape index (κ2) is 3.66. The van der Waals surface area contributed by atoms with E-state index in [1.165, 1.54) is 0 Å². The van der Waals surface area contributed by atoms with Crippen LogP contribution in [0.25, 0.3) is 21.8 Å². The highest BCUT2D eigenvalue weighted by atomic mass is 19.2. The van der Waals surface area contributed by atoms with Crippen molar-refractivity contribution < 1.29 is 26.3 Å². The molecule has 1 heterocycles. The molecule has 0 spiro atoms. The van der Waals surface area contributed by atoms with E-state index >= 15 is 0 Å². The first-order valence-electron chi connectivity index (χ1n) is 5.04. The molecule has 2 aromatic carbocycles. The number of hydrogen-bond donors (Lipinski definition) is 1. The van der Waals surface area contributed by atoms with Gasteiger partial charge in [0.05, 0.1) is 10.9 Å². The van der Waals surface area contributed by atoms with Crippen molar-refractivity contribution in [3.05, 3.63) is 47.0 Å². The molecule has 0 aliphatic rings. The largest absolute Gasteiger partial charge is 0.352 e. The minimum atomic E-state index is -2.07. The molecule has 3 aromatic rings. The number of H-pyrrole nitrogens is 1. The summed E-state index contributed by atoms with van der Waals surface area (Å²) < 4.78 is 80.0. The van der Waals surface area contributed by atoms with Crippen LogP contribution in [0.3, 0.4) is 0 Å². The fourth-order valence-corrected chi connectivity index (χ4v) is 2.02. The van der Waals surface area contributed by atoms with Gasteiger partial charge in [-0.2, -0.15) is 0 Å². The third kappa shape index (κ3) is 1.38. The van der Waals surface area contributed by atoms with Crippen LogP contribution in [0, 0.1) is 34.9 Å². The van der Waals surface area contributed by atoms with E-state index in [2.05, 4.69) is 4.98 Å². The third-order valence-corrected chi connectivity index (χ3v) is 2.87. The molecule has 3 rings (SSSR count). The molecule has 1 N–H and O–H groups in total. The highest BCUT2D eigenvalue weighted by Crippen LogP contribution is 2.34. The Morgan fingerprint density at radius 2 is 1.26 bits per heavy atom. The summed E-state index contributed by atoms with van der Waals surface area (Å²) in [5, 5.41) is -1.52. The summed E-state index contributed by atoms with van der Waals surface area (Å²) in [4.78, 5) is 2.19. The van der Waals surface area contributed by atoms with Gasteiger partial charge in [-0.05, 0) is 12.1 Å². The Bertz CT molecular complexity index is 836. The second-order valence-electron chi connectivity index (χ2n) is 3.91. The summed E-state index contributed by atoms with van der Waals surface area (Å²) in [6.45, 7) is 0. The zero-order valence-corrected chi connectivity index (χ0v) is 8.92. The summed E-state index contributed by atoms with van der Waals surface area (Å²) in [5.74, 6) is -10.3. The molecule has 0 atom stereocenters. The van der Waals surface area contributed by atoms with E-state index in [0.29, 0.717) is 0 Å². The van der Waals surface area contributed by atoms with Crippen molar-refractivity contribution in [3.8, 4) is 0 Å².